The van der Waals surface area contributed by atoms with Crippen LogP contribution < -0.4 is 5.32 Å². The van der Waals surface area contributed by atoms with Crippen molar-refractivity contribution in [2.45, 2.75) is 20.5 Å². The van der Waals surface area contributed by atoms with Crippen molar-refractivity contribution in [2.75, 3.05) is 18.7 Å². The van der Waals surface area contributed by atoms with Crippen molar-refractivity contribution in [2.24, 2.45) is 0 Å². The van der Waals surface area contributed by atoms with E-state index < -0.39 is 0 Å². The van der Waals surface area contributed by atoms with E-state index in [-0.39, 0.29) is 6.61 Å². The molecule has 1 rings (SSSR count). The van der Waals surface area contributed by atoms with Crippen molar-refractivity contribution in [3.8, 4) is 0 Å². The van der Waals surface area contributed by atoms with Crippen molar-refractivity contribution in [1.82, 2.24) is 0 Å². The fourth-order valence-corrected chi connectivity index (χ4v) is 1.19. The quantitative estimate of drug-likeness (QED) is 0.557. The number of benzene rings is 1. The molecule has 3 nitrogen and oxygen atoms in total. The lowest BCUT2D eigenvalue weighted by Crippen LogP contribution is -2.06. The van der Waals surface area contributed by atoms with Crippen LogP contribution in [0, 0.1) is 6.92 Å². The summed E-state index contributed by atoms with van der Waals surface area (Å²) in [5.41, 5.74) is 3.04. The minimum Gasteiger partial charge on any atom is -0.392 e. The Labute approximate surface area is 84.7 Å². The summed E-state index contributed by atoms with van der Waals surface area (Å²) in [6.07, 6.45) is 0. The van der Waals surface area contributed by atoms with E-state index in [1.165, 1.54) is 0 Å². The van der Waals surface area contributed by atoms with Gasteiger partial charge in [-0.25, -0.2) is 0 Å². The first kappa shape index (κ1) is 11.0. The number of anilines is 1. The maximum absolute atomic E-state index is 9.06. The molecule has 2 N–H and O–H groups in total. The number of aryl methyl sites for hydroxylation is 1. The van der Waals surface area contributed by atoms with E-state index in [0.29, 0.717) is 13.3 Å². The number of rotatable bonds is 5. The molecule has 0 saturated carbocycles. The first-order chi connectivity index (χ1) is 6.77. The van der Waals surface area contributed by atoms with Gasteiger partial charge in [0.15, 0.2) is 0 Å². The lowest BCUT2D eigenvalue weighted by molar-refractivity contribution is 0.167. The van der Waals surface area contributed by atoms with Crippen LogP contribution in [0.25, 0.3) is 0 Å². The third-order valence-electron chi connectivity index (χ3n) is 2.10. The Morgan fingerprint density at radius 3 is 2.86 bits per heavy atom. The Kier molecular flexibility index (Phi) is 4.43. The van der Waals surface area contributed by atoms with Crippen molar-refractivity contribution >= 4 is 5.69 Å². The van der Waals surface area contributed by atoms with Crippen LogP contribution in [0.1, 0.15) is 18.1 Å². The normalized spacial score (nSPS) is 10.2. The second kappa shape index (κ2) is 5.62. The summed E-state index contributed by atoms with van der Waals surface area (Å²) in [7, 11) is 0. The molecule has 0 spiro atoms. The van der Waals surface area contributed by atoms with Crippen LogP contribution >= 0.6 is 0 Å². The summed E-state index contributed by atoms with van der Waals surface area (Å²) >= 11 is 0. The molecule has 0 aliphatic heterocycles. The van der Waals surface area contributed by atoms with Crippen LogP contribution in [0.4, 0.5) is 5.69 Å². The van der Waals surface area contributed by atoms with Gasteiger partial charge in [-0.2, -0.15) is 0 Å². The fourth-order valence-electron chi connectivity index (χ4n) is 1.19. The summed E-state index contributed by atoms with van der Waals surface area (Å²) in [6.45, 7) is 5.22. The number of nitrogens with one attached hydrogen (secondary N) is 1. The van der Waals surface area contributed by atoms with Gasteiger partial charge in [-0.3, -0.25) is 0 Å². The summed E-state index contributed by atoms with van der Waals surface area (Å²) in [5, 5.41) is 12.2. The van der Waals surface area contributed by atoms with Crippen molar-refractivity contribution in [3.05, 3.63) is 29.3 Å². The van der Waals surface area contributed by atoms with Crippen LogP contribution in [0.3, 0.4) is 0 Å². The molecule has 0 aromatic heterocycles. The minimum absolute atomic E-state index is 0.0794. The maximum Gasteiger partial charge on any atom is 0.116 e. The maximum atomic E-state index is 9.06. The lowest BCUT2D eigenvalue weighted by atomic mass is 10.1. The van der Waals surface area contributed by atoms with Gasteiger partial charge in [-0.05, 0) is 37.1 Å². The molecule has 0 radical (unpaired) electrons. The Hall–Kier alpha value is -1.06. The van der Waals surface area contributed by atoms with E-state index in [2.05, 4.69) is 5.32 Å². The van der Waals surface area contributed by atoms with Crippen LogP contribution in [-0.2, 0) is 11.3 Å². The molecule has 1 aromatic rings. The Morgan fingerprint density at radius 2 is 2.21 bits per heavy atom. The van der Waals surface area contributed by atoms with Gasteiger partial charge in [0.1, 0.15) is 6.73 Å². The number of aliphatic hydroxyl groups excluding tert-OH is 1. The SMILES string of the molecule is CCOCNc1ccc(C)c(CO)c1. The van der Waals surface area contributed by atoms with Gasteiger partial charge < -0.3 is 15.2 Å². The lowest BCUT2D eigenvalue weighted by Gasteiger charge is -2.09. The molecular formula is C11H17NO2. The molecule has 0 fully saturated rings. The van der Waals surface area contributed by atoms with Crippen LogP contribution in [0.15, 0.2) is 18.2 Å². The fraction of sp³-hybridized carbons (Fsp3) is 0.455. The van der Waals surface area contributed by atoms with E-state index in [0.717, 1.165) is 16.8 Å². The smallest absolute Gasteiger partial charge is 0.116 e. The molecule has 78 valence electrons. The van der Waals surface area contributed by atoms with Gasteiger partial charge in [-0.1, -0.05) is 6.07 Å². The highest BCUT2D eigenvalue weighted by molar-refractivity contribution is 5.48. The average molecular weight is 195 g/mol. The Morgan fingerprint density at radius 1 is 1.43 bits per heavy atom. The van der Waals surface area contributed by atoms with E-state index in [9.17, 15) is 0 Å². The first-order valence-electron chi connectivity index (χ1n) is 4.80. The number of ether oxygens (including phenoxy) is 1. The molecule has 3 heteroatoms. The minimum atomic E-state index is 0.0794. The third-order valence-corrected chi connectivity index (χ3v) is 2.10. The Bertz CT molecular complexity index is 287. The topological polar surface area (TPSA) is 41.5 Å². The van der Waals surface area contributed by atoms with Crippen molar-refractivity contribution in [3.63, 3.8) is 0 Å². The predicted molar refractivity (Wildman–Crippen MR) is 57.2 cm³/mol. The number of hydrogen-bond acceptors (Lipinski definition) is 3. The molecule has 14 heavy (non-hydrogen) atoms. The van der Waals surface area contributed by atoms with Gasteiger partial charge in [0.05, 0.1) is 6.61 Å². The number of aliphatic hydroxyl groups is 1. The standard InChI is InChI=1S/C11H17NO2/c1-3-14-8-12-11-5-4-9(2)10(6-11)7-13/h4-6,12-13H,3,7-8H2,1-2H3. The molecule has 0 saturated heterocycles. The molecule has 0 aliphatic rings. The van der Waals surface area contributed by atoms with Crippen LogP contribution in [-0.4, -0.2) is 18.4 Å². The third kappa shape index (κ3) is 3.01. The molecule has 0 bridgehead atoms. The largest absolute Gasteiger partial charge is 0.392 e. The second-order valence-electron chi connectivity index (χ2n) is 3.11. The monoisotopic (exact) mass is 195 g/mol. The van der Waals surface area contributed by atoms with E-state index in [1.54, 1.807) is 0 Å². The summed E-state index contributed by atoms with van der Waals surface area (Å²) < 4.78 is 5.17. The highest BCUT2D eigenvalue weighted by Crippen LogP contribution is 2.14. The average Bonchev–Trinajstić information content (AvgIpc) is 2.21. The Balaban J connectivity index is 2.60. The van der Waals surface area contributed by atoms with Gasteiger partial charge in [0.2, 0.25) is 0 Å². The van der Waals surface area contributed by atoms with E-state index >= 15 is 0 Å². The van der Waals surface area contributed by atoms with Gasteiger partial charge >= 0.3 is 0 Å². The number of hydrogen-bond donors (Lipinski definition) is 2. The highest BCUT2D eigenvalue weighted by atomic mass is 16.5. The van der Waals surface area contributed by atoms with E-state index in [4.69, 9.17) is 9.84 Å². The van der Waals surface area contributed by atoms with Crippen LogP contribution in [0.5, 0.6) is 0 Å². The molecule has 0 heterocycles. The van der Waals surface area contributed by atoms with Crippen molar-refractivity contribution in [1.29, 1.82) is 0 Å². The summed E-state index contributed by atoms with van der Waals surface area (Å²) in [4.78, 5) is 0. The molecular weight excluding hydrogens is 178 g/mol. The zero-order valence-electron chi connectivity index (χ0n) is 8.71. The summed E-state index contributed by atoms with van der Waals surface area (Å²) in [5.74, 6) is 0. The van der Waals surface area contributed by atoms with Gasteiger partial charge in [0, 0.05) is 12.3 Å². The predicted octanol–water partition coefficient (Wildman–Crippen LogP) is 1.89. The molecule has 0 atom stereocenters. The van der Waals surface area contributed by atoms with Gasteiger partial charge in [-0.15, -0.1) is 0 Å². The van der Waals surface area contributed by atoms with E-state index in [1.807, 2.05) is 32.0 Å². The highest BCUT2D eigenvalue weighted by Gasteiger charge is 1.98. The zero-order valence-corrected chi connectivity index (χ0v) is 8.71. The molecule has 0 amide bonds. The van der Waals surface area contributed by atoms with Gasteiger partial charge in [0.25, 0.3) is 0 Å². The first-order valence-corrected chi connectivity index (χ1v) is 4.80. The second-order valence-corrected chi connectivity index (χ2v) is 3.11. The van der Waals surface area contributed by atoms with Crippen LogP contribution in [0.2, 0.25) is 0 Å². The van der Waals surface area contributed by atoms with Crippen molar-refractivity contribution < 1.29 is 9.84 Å². The summed E-state index contributed by atoms with van der Waals surface area (Å²) in [6, 6.07) is 5.90. The molecule has 0 unspecified atom stereocenters. The zero-order chi connectivity index (χ0) is 10.4. The molecule has 0 aliphatic carbocycles. The molecule has 1 aromatic carbocycles.